The van der Waals surface area contributed by atoms with Crippen LogP contribution in [0.15, 0.2) is 12.7 Å². The molecule has 2 atom stereocenters. The lowest BCUT2D eigenvalue weighted by atomic mass is 9.78. The second kappa shape index (κ2) is 6.96. The van der Waals surface area contributed by atoms with Gasteiger partial charge in [0.05, 0.1) is 0 Å². The third kappa shape index (κ3) is 3.98. The van der Waals surface area contributed by atoms with Gasteiger partial charge in [0.15, 0.2) is 20.5 Å². The second-order valence-corrected chi connectivity index (χ2v) is 9.58. The molecule has 0 aromatic rings. The molecular weight excluding hydrogens is 298 g/mol. The van der Waals surface area contributed by atoms with Crippen molar-refractivity contribution >= 4 is 20.9 Å². The van der Waals surface area contributed by atoms with E-state index in [1.54, 1.807) is 0 Å². The lowest BCUT2D eigenvalue weighted by Crippen LogP contribution is -2.56. The highest BCUT2D eigenvalue weighted by atomic mass is 28.3. The van der Waals surface area contributed by atoms with Gasteiger partial charge in [-0.05, 0) is 31.4 Å². The first-order valence-electron chi connectivity index (χ1n) is 7.78. The van der Waals surface area contributed by atoms with Gasteiger partial charge >= 0.3 is 6.09 Å². The van der Waals surface area contributed by atoms with Crippen molar-refractivity contribution in [3.05, 3.63) is 12.7 Å². The fraction of sp³-hybridized carbons (Fsp3) is 0.750. The first kappa shape index (κ1) is 18.9. The zero-order valence-electron chi connectivity index (χ0n) is 14.6. The van der Waals surface area contributed by atoms with E-state index in [-0.39, 0.29) is 23.7 Å². The topological polar surface area (TPSA) is 55.8 Å². The Morgan fingerprint density at radius 1 is 1.41 bits per heavy atom. The molecule has 1 saturated heterocycles. The summed E-state index contributed by atoms with van der Waals surface area (Å²) in [6.45, 7) is 16.0. The van der Waals surface area contributed by atoms with Crippen LogP contribution in [0.1, 0.15) is 34.1 Å². The molecule has 0 spiro atoms. The number of hydrogen-bond acceptors (Lipinski definition) is 4. The Kier molecular flexibility index (Phi) is 5.98. The molecule has 0 saturated carbocycles. The molecule has 0 unspecified atom stereocenters. The fourth-order valence-corrected chi connectivity index (χ4v) is 3.97. The summed E-state index contributed by atoms with van der Waals surface area (Å²) in [5.41, 5.74) is -1.19. The van der Waals surface area contributed by atoms with Crippen LogP contribution in [0.3, 0.4) is 0 Å². The summed E-state index contributed by atoms with van der Waals surface area (Å²) in [5, 5.41) is 0. The van der Waals surface area contributed by atoms with Gasteiger partial charge < -0.3 is 9.16 Å². The molecule has 0 aromatic carbocycles. The summed E-state index contributed by atoms with van der Waals surface area (Å²) in [7, 11) is -1.53. The molecule has 1 fully saturated rings. The quantitative estimate of drug-likeness (QED) is 0.575. The Labute approximate surface area is 135 Å². The van der Waals surface area contributed by atoms with Crippen molar-refractivity contribution in [2.75, 3.05) is 13.2 Å². The van der Waals surface area contributed by atoms with Gasteiger partial charge in [0, 0.05) is 13.0 Å². The Morgan fingerprint density at radius 3 is 2.41 bits per heavy atom. The summed E-state index contributed by atoms with van der Waals surface area (Å²) in [5.74, 6) is 0.0523. The number of Topliss-reactive ketones (excluding diaryl/α,β-unsaturated/α-hetero) is 1. The van der Waals surface area contributed by atoms with E-state index in [2.05, 4.69) is 27.4 Å². The second-order valence-electron chi connectivity index (χ2n) is 7.25. The summed E-state index contributed by atoms with van der Waals surface area (Å²) in [6.07, 6.45) is 1.54. The molecular formula is C16H29NO4Si. The summed E-state index contributed by atoms with van der Waals surface area (Å²) < 4.78 is 11.3. The van der Waals surface area contributed by atoms with E-state index in [0.717, 1.165) is 0 Å². The van der Waals surface area contributed by atoms with E-state index in [1.165, 1.54) is 17.9 Å². The van der Waals surface area contributed by atoms with Crippen molar-refractivity contribution in [2.45, 2.75) is 52.9 Å². The number of amides is 1. The Bertz CT molecular complexity index is 444. The summed E-state index contributed by atoms with van der Waals surface area (Å²) in [4.78, 5) is 26.3. The molecule has 126 valence electrons. The number of ether oxygens (including phenoxy) is 1. The van der Waals surface area contributed by atoms with Crippen LogP contribution < -0.4 is 0 Å². The number of carbonyl (C=O) groups excluding carboxylic acids is 2. The monoisotopic (exact) mass is 327 g/mol. The zero-order valence-corrected chi connectivity index (χ0v) is 15.8. The lowest BCUT2D eigenvalue weighted by Gasteiger charge is -2.37. The maximum Gasteiger partial charge on any atom is 0.412 e. The van der Waals surface area contributed by atoms with E-state index in [0.29, 0.717) is 13.0 Å². The van der Waals surface area contributed by atoms with Gasteiger partial charge in [0.2, 0.25) is 0 Å². The highest BCUT2D eigenvalue weighted by Crippen LogP contribution is 2.44. The predicted octanol–water partition coefficient (Wildman–Crippen LogP) is 2.96. The average molecular weight is 327 g/mol. The van der Waals surface area contributed by atoms with Crippen LogP contribution in [-0.2, 0) is 14.0 Å². The van der Waals surface area contributed by atoms with Crippen LogP contribution >= 0.6 is 0 Å². The molecule has 1 amide bonds. The Hall–Kier alpha value is -1.14. The minimum Gasteiger partial charge on any atom is -0.445 e. The van der Waals surface area contributed by atoms with Gasteiger partial charge in [-0.2, -0.15) is 0 Å². The number of rotatable bonds is 5. The largest absolute Gasteiger partial charge is 0.445 e. The first-order valence-corrected chi connectivity index (χ1v) is 10.6. The van der Waals surface area contributed by atoms with Crippen LogP contribution in [0.25, 0.3) is 0 Å². The third-order valence-corrected chi connectivity index (χ3v) is 4.97. The van der Waals surface area contributed by atoms with Gasteiger partial charge in [-0.15, -0.1) is 0 Å². The highest BCUT2D eigenvalue weighted by Gasteiger charge is 2.55. The normalized spacial score (nSPS) is 25.4. The molecule has 0 aliphatic carbocycles. The minimum atomic E-state index is -1.53. The van der Waals surface area contributed by atoms with Crippen LogP contribution in [0.2, 0.25) is 13.1 Å². The van der Waals surface area contributed by atoms with Crippen LogP contribution in [0, 0.1) is 11.3 Å². The molecule has 0 bridgehead atoms. The molecule has 0 radical (unpaired) electrons. The zero-order chi connectivity index (χ0) is 17.1. The SMILES string of the molecule is C=CCOC(=O)N1C[C@@H](C(C)(C)C)C[C@]1(O[SiH](C)C)C(C)=O. The number of hydrogen-bond donors (Lipinski definition) is 0. The number of likely N-dealkylation sites (tertiary alicyclic amines) is 1. The van der Waals surface area contributed by atoms with Crippen LogP contribution in [-0.4, -0.2) is 44.7 Å². The first-order chi connectivity index (χ1) is 10.0. The molecule has 0 N–H and O–H groups in total. The number of carbonyl (C=O) groups is 2. The molecule has 1 aliphatic heterocycles. The fourth-order valence-electron chi connectivity index (χ4n) is 2.81. The van der Waals surface area contributed by atoms with Crippen molar-refractivity contribution < 1.29 is 18.8 Å². The molecule has 6 heteroatoms. The van der Waals surface area contributed by atoms with Crippen molar-refractivity contribution in [1.29, 1.82) is 0 Å². The van der Waals surface area contributed by atoms with Crippen LogP contribution in [0.4, 0.5) is 4.79 Å². The van der Waals surface area contributed by atoms with Crippen molar-refractivity contribution in [3.8, 4) is 0 Å². The third-order valence-electron chi connectivity index (χ3n) is 4.11. The van der Waals surface area contributed by atoms with Gasteiger partial charge in [0.1, 0.15) is 6.61 Å². The van der Waals surface area contributed by atoms with Gasteiger partial charge in [0.25, 0.3) is 0 Å². The van der Waals surface area contributed by atoms with Crippen molar-refractivity contribution in [2.24, 2.45) is 11.3 Å². The molecule has 0 aromatic heterocycles. The predicted molar refractivity (Wildman–Crippen MR) is 89.2 cm³/mol. The molecule has 5 nitrogen and oxygen atoms in total. The Balaban J connectivity index is 3.17. The highest BCUT2D eigenvalue weighted by molar-refractivity contribution is 6.48. The van der Waals surface area contributed by atoms with Crippen LogP contribution in [0.5, 0.6) is 0 Å². The summed E-state index contributed by atoms with van der Waals surface area (Å²) >= 11 is 0. The number of nitrogens with zero attached hydrogens (tertiary/aromatic N) is 1. The van der Waals surface area contributed by atoms with E-state index in [9.17, 15) is 9.59 Å². The van der Waals surface area contributed by atoms with E-state index < -0.39 is 20.9 Å². The van der Waals surface area contributed by atoms with Gasteiger partial charge in [-0.25, -0.2) is 4.79 Å². The van der Waals surface area contributed by atoms with Crippen molar-refractivity contribution in [1.82, 2.24) is 4.90 Å². The molecule has 22 heavy (non-hydrogen) atoms. The lowest BCUT2D eigenvalue weighted by molar-refractivity contribution is -0.145. The molecule has 1 aliphatic rings. The van der Waals surface area contributed by atoms with Crippen molar-refractivity contribution in [3.63, 3.8) is 0 Å². The van der Waals surface area contributed by atoms with E-state index in [4.69, 9.17) is 9.16 Å². The average Bonchev–Trinajstić information content (AvgIpc) is 2.76. The minimum absolute atomic E-state index is 0.0178. The van der Waals surface area contributed by atoms with E-state index in [1.807, 2.05) is 13.1 Å². The maximum atomic E-state index is 12.4. The van der Waals surface area contributed by atoms with E-state index >= 15 is 0 Å². The Morgan fingerprint density at radius 2 is 2.00 bits per heavy atom. The molecule has 1 rings (SSSR count). The summed E-state index contributed by atoms with van der Waals surface area (Å²) in [6, 6.07) is 0. The maximum absolute atomic E-state index is 12.4. The number of ketones is 1. The standard InChI is InChI=1S/C16H29NO4Si/c1-8-9-20-14(19)17-11-13(15(3,4)5)10-16(17,12(2)18)21-22(6)7/h8,13,22H,1,9-11H2,2-7H3/t13-,16-/m0/s1. The van der Waals surface area contributed by atoms with Gasteiger partial charge in [-0.1, -0.05) is 33.4 Å². The van der Waals surface area contributed by atoms with Gasteiger partial charge in [-0.3, -0.25) is 9.69 Å². The smallest absolute Gasteiger partial charge is 0.412 e. The molecule has 1 heterocycles.